The van der Waals surface area contributed by atoms with E-state index in [0.29, 0.717) is 6.04 Å². The van der Waals surface area contributed by atoms with E-state index in [-0.39, 0.29) is 5.60 Å². The first-order valence-electron chi connectivity index (χ1n) is 7.22. The topological polar surface area (TPSA) is 33.7 Å². The predicted octanol–water partition coefficient (Wildman–Crippen LogP) is 1.11. The van der Waals surface area contributed by atoms with Crippen LogP contribution in [0.3, 0.4) is 0 Å². The largest absolute Gasteiger partial charge is 0.378 e. The molecule has 4 nitrogen and oxygen atoms in total. The van der Waals surface area contributed by atoms with Crippen molar-refractivity contribution in [1.82, 2.24) is 10.2 Å². The summed E-state index contributed by atoms with van der Waals surface area (Å²) in [6.45, 7) is 10.6. The van der Waals surface area contributed by atoms with E-state index < -0.39 is 0 Å². The molecule has 2 aliphatic heterocycles. The number of methoxy groups -OCH3 is 1. The molecule has 2 heterocycles. The van der Waals surface area contributed by atoms with Gasteiger partial charge in [-0.2, -0.15) is 0 Å². The number of rotatable bonds is 5. The lowest BCUT2D eigenvalue weighted by molar-refractivity contribution is -0.0453. The van der Waals surface area contributed by atoms with Crippen molar-refractivity contribution >= 4 is 0 Å². The lowest BCUT2D eigenvalue weighted by Gasteiger charge is -2.39. The zero-order valence-corrected chi connectivity index (χ0v) is 12.1. The van der Waals surface area contributed by atoms with Crippen LogP contribution in [0.15, 0.2) is 0 Å². The third-order valence-electron chi connectivity index (χ3n) is 4.11. The van der Waals surface area contributed by atoms with Crippen molar-refractivity contribution in [3.8, 4) is 0 Å². The van der Waals surface area contributed by atoms with Crippen LogP contribution in [-0.4, -0.2) is 63.0 Å². The Morgan fingerprint density at radius 3 is 2.94 bits per heavy atom. The quantitative estimate of drug-likeness (QED) is 0.799. The van der Waals surface area contributed by atoms with E-state index in [1.807, 2.05) is 7.11 Å². The zero-order valence-electron chi connectivity index (χ0n) is 12.1. The molecule has 0 saturated carbocycles. The van der Waals surface area contributed by atoms with Gasteiger partial charge in [0.15, 0.2) is 0 Å². The maximum Gasteiger partial charge on any atom is 0.106 e. The number of hydrogen-bond donors (Lipinski definition) is 1. The van der Waals surface area contributed by atoms with Crippen LogP contribution in [0, 0.1) is 5.92 Å². The second kappa shape index (κ2) is 6.33. The summed E-state index contributed by atoms with van der Waals surface area (Å²) in [5.74, 6) is 0.758. The molecule has 106 valence electrons. The minimum absolute atomic E-state index is 0.0558. The van der Waals surface area contributed by atoms with Gasteiger partial charge in [-0.05, 0) is 12.3 Å². The zero-order chi connectivity index (χ0) is 13.0. The Labute approximate surface area is 111 Å². The molecule has 0 radical (unpaired) electrons. The van der Waals surface area contributed by atoms with Gasteiger partial charge in [-0.3, -0.25) is 4.90 Å². The lowest BCUT2D eigenvalue weighted by atomic mass is 9.98. The van der Waals surface area contributed by atoms with Gasteiger partial charge in [0.1, 0.15) is 5.60 Å². The third kappa shape index (κ3) is 3.67. The number of hydrogen-bond acceptors (Lipinski definition) is 4. The third-order valence-corrected chi connectivity index (χ3v) is 4.11. The van der Waals surface area contributed by atoms with Crippen LogP contribution in [0.1, 0.15) is 26.7 Å². The molecule has 0 aromatic rings. The summed E-state index contributed by atoms with van der Waals surface area (Å²) in [6, 6.07) is 0.634. The first-order chi connectivity index (χ1) is 8.63. The Kier molecular flexibility index (Phi) is 5.01. The number of piperazine rings is 1. The van der Waals surface area contributed by atoms with Gasteiger partial charge < -0.3 is 14.8 Å². The van der Waals surface area contributed by atoms with E-state index in [9.17, 15) is 0 Å². The summed E-state index contributed by atoms with van der Waals surface area (Å²) in [5, 5.41) is 3.62. The predicted molar refractivity (Wildman–Crippen MR) is 72.9 cm³/mol. The Morgan fingerprint density at radius 1 is 1.50 bits per heavy atom. The summed E-state index contributed by atoms with van der Waals surface area (Å²) < 4.78 is 11.2. The lowest BCUT2D eigenvalue weighted by Crippen LogP contribution is -2.55. The fraction of sp³-hybridized carbons (Fsp3) is 1.00. The molecule has 2 atom stereocenters. The fourth-order valence-electron chi connectivity index (χ4n) is 3.11. The maximum absolute atomic E-state index is 5.73. The minimum Gasteiger partial charge on any atom is -0.378 e. The van der Waals surface area contributed by atoms with Gasteiger partial charge >= 0.3 is 0 Å². The standard InChI is InChI=1S/C14H28N2O2/c1-12(2)8-13-9-16(6-5-15-13)10-14(17-3)4-7-18-11-14/h12-13,15H,4-11H2,1-3H3. The average molecular weight is 256 g/mol. The summed E-state index contributed by atoms with van der Waals surface area (Å²) in [6.07, 6.45) is 2.29. The molecule has 2 unspecified atom stereocenters. The number of nitrogens with one attached hydrogen (secondary N) is 1. The van der Waals surface area contributed by atoms with E-state index in [4.69, 9.17) is 9.47 Å². The minimum atomic E-state index is -0.0558. The molecule has 0 bridgehead atoms. The molecule has 0 aromatic heterocycles. The van der Waals surface area contributed by atoms with Crippen LogP contribution in [0.5, 0.6) is 0 Å². The van der Waals surface area contributed by atoms with Gasteiger partial charge in [0.2, 0.25) is 0 Å². The highest BCUT2D eigenvalue weighted by atomic mass is 16.5. The monoisotopic (exact) mass is 256 g/mol. The molecule has 0 aromatic carbocycles. The van der Waals surface area contributed by atoms with Gasteiger partial charge in [-0.25, -0.2) is 0 Å². The molecule has 0 aliphatic carbocycles. The van der Waals surface area contributed by atoms with Crippen molar-refractivity contribution in [3.63, 3.8) is 0 Å². The van der Waals surface area contributed by atoms with Crippen LogP contribution in [0.2, 0.25) is 0 Å². The molecule has 2 fully saturated rings. The molecular weight excluding hydrogens is 228 g/mol. The highest BCUT2D eigenvalue weighted by Gasteiger charge is 2.37. The first-order valence-corrected chi connectivity index (χ1v) is 7.22. The molecule has 2 aliphatic rings. The average Bonchev–Trinajstić information content (AvgIpc) is 2.78. The molecule has 1 N–H and O–H groups in total. The van der Waals surface area contributed by atoms with Crippen molar-refractivity contribution in [1.29, 1.82) is 0 Å². The molecule has 4 heteroatoms. The van der Waals surface area contributed by atoms with E-state index in [0.717, 1.165) is 51.7 Å². The highest BCUT2D eigenvalue weighted by Crippen LogP contribution is 2.24. The summed E-state index contributed by atoms with van der Waals surface area (Å²) in [7, 11) is 1.82. The van der Waals surface area contributed by atoms with Crippen LogP contribution >= 0.6 is 0 Å². The number of ether oxygens (including phenoxy) is 2. The van der Waals surface area contributed by atoms with Crippen molar-refractivity contribution in [2.45, 2.75) is 38.3 Å². The molecule has 2 saturated heterocycles. The fourth-order valence-corrected chi connectivity index (χ4v) is 3.11. The van der Waals surface area contributed by atoms with E-state index in [1.165, 1.54) is 6.42 Å². The van der Waals surface area contributed by atoms with Gasteiger partial charge in [0, 0.05) is 52.4 Å². The van der Waals surface area contributed by atoms with Crippen molar-refractivity contribution in [2.24, 2.45) is 5.92 Å². The van der Waals surface area contributed by atoms with Gasteiger partial charge in [-0.15, -0.1) is 0 Å². The maximum atomic E-state index is 5.73. The molecule has 0 amide bonds. The summed E-state index contributed by atoms with van der Waals surface area (Å²) in [4.78, 5) is 2.54. The molecule has 0 spiro atoms. The second-order valence-electron chi connectivity index (χ2n) is 6.21. The van der Waals surface area contributed by atoms with Gasteiger partial charge in [-0.1, -0.05) is 13.8 Å². The Hall–Kier alpha value is -0.160. The van der Waals surface area contributed by atoms with Crippen molar-refractivity contribution in [3.05, 3.63) is 0 Å². The Balaban J connectivity index is 1.85. The number of nitrogens with zero attached hydrogens (tertiary/aromatic N) is 1. The van der Waals surface area contributed by atoms with Gasteiger partial charge in [0.05, 0.1) is 6.61 Å². The van der Waals surface area contributed by atoms with Crippen molar-refractivity contribution < 1.29 is 9.47 Å². The summed E-state index contributed by atoms with van der Waals surface area (Å²) in [5.41, 5.74) is -0.0558. The van der Waals surface area contributed by atoms with Crippen molar-refractivity contribution in [2.75, 3.05) is 46.5 Å². The molecule has 18 heavy (non-hydrogen) atoms. The van der Waals surface area contributed by atoms with E-state index in [1.54, 1.807) is 0 Å². The summed E-state index contributed by atoms with van der Waals surface area (Å²) >= 11 is 0. The van der Waals surface area contributed by atoms with Crippen LogP contribution < -0.4 is 5.32 Å². The Morgan fingerprint density at radius 2 is 2.33 bits per heavy atom. The van der Waals surface area contributed by atoms with E-state index >= 15 is 0 Å². The second-order valence-corrected chi connectivity index (χ2v) is 6.21. The Bertz CT molecular complexity index is 252. The van der Waals surface area contributed by atoms with Crippen LogP contribution in [-0.2, 0) is 9.47 Å². The highest BCUT2D eigenvalue weighted by molar-refractivity contribution is 4.90. The molecule has 2 rings (SSSR count). The first kappa shape index (κ1) is 14.3. The van der Waals surface area contributed by atoms with Crippen LogP contribution in [0.25, 0.3) is 0 Å². The smallest absolute Gasteiger partial charge is 0.106 e. The SMILES string of the molecule is COC1(CN2CCNC(CC(C)C)C2)CCOC1. The van der Waals surface area contributed by atoms with Gasteiger partial charge in [0.25, 0.3) is 0 Å². The van der Waals surface area contributed by atoms with E-state index in [2.05, 4.69) is 24.1 Å². The molecular formula is C14H28N2O2. The van der Waals surface area contributed by atoms with Crippen LogP contribution in [0.4, 0.5) is 0 Å². The normalized spacial score (nSPS) is 34.3.